The molecule has 120 valence electrons. The number of nitrogens with zero attached hydrogens (tertiary/aromatic N) is 1. The zero-order valence-corrected chi connectivity index (χ0v) is 13.7. The number of nitrogen functional groups attached to an aromatic ring is 1. The minimum atomic E-state index is -0.456. The molecule has 5 nitrogen and oxygen atoms in total. The Morgan fingerprint density at radius 2 is 1.92 bits per heavy atom. The van der Waals surface area contributed by atoms with Gasteiger partial charge in [-0.3, -0.25) is 0 Å². The lowest BCUT2D eigenvalue weighted by Crippen LogP contribution is -1.99. The predicted molar refractivity (Wildman–Crippen MR) is 94.5 cm³/mol. The number of anilines is 1. The van der Waals surface area contributed by atoms with Crippen LogP contribution in [-0.4, -0.2) is 4.98 Å². The van der Waals surface area contributed by atoms with E-state index in [-0.39, 0.29) is 5.88 Å². The fourth-order valence-corrected chi connectivity index (χ4v) is 2.90. The van der Waals surface area contributed by atoms with E-state index in [0.29, 0.717) is 44.4 Å². The molecule has 0 amide bonds. The lowest BCUT2D eigenvalue weighted by molar-refractivity contribution is 0.558. The summed E-state index contributed by atoms with van der Waals surface area (Å²) in [6, 6.07) is 9.95. The molecule has 0 saturated heterocycles. The summed E-state index contributed by atoms with van der Waals surface area (Å²) in [5.74, 6) is 0.602. The van der Waals surface area contributed by atoms with Gasteiger partial charge in [0.2, 0.25) is 5.89 Å². The standard InChI is InChI=1S/C17H10Cl2N2O3/c18-7-9-4-16(22)23-14-6-15-13(5-10(9)14)21-17(24-15)8-1-2-11(19)12(20)3-8/h1-6H,7,20H2. The number of benzene rings is 2. The molecule has 4 aromatic rings. The van der Waals surface area contributed by atoms with Crippen molar-refractivity contribution < 1.29 is 8.83 Å². The molecule has 0 unspecified atom stereocenters. The highest BCUT2D eigenvalue weighted by Gasteiger charge is 2.13. The van der Waals surface area contributed by atoms with E-state index in [1.165, 1.54) is 6.07 Å². The maximum atomic E-state index is 11.6. The summed E-state index contributed by atoms with van der Waals surface area (Å²) < 4.78 is 11.0. The van der Waals surface area contributed by atoms with Gasteiger partial charge in [0.1, 0.15) is 11.1 Å². The molecular weight excluding hydrogens is 351 g/mol. The number of hydrogen-bond donors (Lipinski definition) is 1. The van der Waals surface area contributed by atoms with Crippen LogP contribution in [0.5, 0.6) is 0 Å². The van der Waals surface area contributed by atoms with Gasteiger partial charge in [0, 0.05) is 29.0 Å². The van der Waals surface area contributed by atoms with Crippen LogP contribution in [0.4, 0.5) is 5.69 Å². The molecule has 0 radical (unpaired) electrons. The molecule has 0 bridgehead atoms. The summed E-state index contributed by atoms with van der Waals surface area (Å²) in [4.78, 5) is 16.1. The fourth-order valence-electron chi connectivity index (χ4n) is 2.56. The summed E-state index contributed by atoms with van der Waals surface area (Å²) >= 11 is 11.8. The number of rotatable bonds is 2. The van der Waals surface area contributed by atoms with E-state index in [1.807, 2.05) is 0 Å². The van der Waals surface area contributed by atoms with E-state index >= 15 is 0 Å². The lowest BCUT2D eigenvalue weighted by Gasteiger charge is -2.00. The molecule has 7 heteroatoms. The minimum Gasteiger partial charge on any atom is -0.436 e. The van der Waals surface area contributed by atoms with Crippen molar-refractivity contribution in [2.24, 2.45) is 0 Å². The summed E-state index contributed by atoms with van der Waals surface area (Å²) in [5.41, 5.74) is 8.74. The maximum absolute atomic E-state index is 11.6. The first kappa shape index (κ1) is 15.1. The number of fused-ring (bicyclic) bond motifs is 2. The van der Waals surface area contributed by atoms with Gasteiger partial charge in [-0.1, -0.05) is 11.6 Å². The first-order valence-corrected chi connectivity index (χ1v) is 7.95. The molecule has 0 atom stereocenters. The Balaban J connectivity index is 1.96. The number of halogens is 2. The Labute approximate surface area is 145 Å². The third-order valence-electron chi connectivity index (χ3n) is 3.73. The molecule has 0 aliphatic heterocycles. The van der Waals surface area contributed by atoms with Gasteiger partial charge in [-0.25, -0.2) is 9.78 Å². The molecule has 2 N–H and O–H groups in total. The van der Waals surface area contributed by atoms with E-state index in [4.69, 9.17) is 37.8 Å². The second-order valence-corrected chi connectivity index (χ2v) is 5.97. The molecule has 0 fully saturated rings. The average Bonchev–Trinajstić information content (AvgIpc) is 2.97. The van der Waals surface area contributed by atoms with Crippen molar-refractivity contribution >= 4 is 51.0 Å². The van der Waals surface area contributed by atoms with E-state index in [0.717, 1.165) is 5.39 Å². The number of hydrogen-bond acceptors (Lipinski definition) is 5. The Morgan fingerprint density at radius 1 is 1.08 bits per heavy atom. The quantitative estimate of drug-likeness (QED) is 0.321. The van der Waals surface area contributed by atoms with Crippen molar-refractivity contribution in [2.45, 2.75) is 5.88 Å². The van der Waals surface area contributed by atoms with Crippen LogP contribution in [0.15, 0.2) is 50.0 Å². The van der Waals surface area contributed by atoms with Gasteiger partial charge in [-0.15, -0.1) is 11.6 Å². The van der Waals surface area contributed by atoms with Gasteiger partial charge in [-0.05, 0) is 29.8 Å². The molecule has 0 saturated carbocycles. The Morgan fingerprint density at radius 3 is 2.67 bits per heavy atom. The normalized spacial score (nSPS) is 11.4. The van der Waals surface area contributed by atoms with Crippen molar-refractivity contribution in [2.75, 3.05) is 5.73 Å². The maximum Gasteiger partial charge on any atom is 0.336 e. The lowest BCUT2D eigenvalue weighted by atomic mass is 10.1. The SMILES string of the molecule is Nc1cc(-c2nc3cc4c(CCl)cc(=O)oc4cc3o2)ccc1Cl. The Hall–Kier alpha value is -2.50. The molecule has 2 aromatic heterocycles. The van der Waals surface area contributed by atoms with Crippen LogP contribution >= 0.6 is 23.2 Å². The molecule has 0 spiro atoms. The van der Waals surface area contributed by atoms with Crippen molar-refractivity contribution in [3.05, 3.63) is 57.4 Å². The Bertz CT molecular complexity index is 1150. The van der Waals surface area contributed by atoms with Crippen LogP contribution in [0.25, 0.3) is 33.5 Å². The number of aromatic nitrogens is 1. The van der Waals surface area contributed by atoms with Crippen molar-refractivity contribution in [1.82, 2.24) is 4.98 Å². The highest BCUT2D eigenvalue weighted by Crippen LogP contribution is 2.31. The summed E-state index contributed by atoms with van der Waals surface area (Å²) in [7, 11) is 0. The average molecular weight is 361 g/mol. The second-order valence-electron chi connectivity index (χ2n) is 5.30. The molecule has 0 aliphatic carbocycles. The number of alkyl halides is 1. The monoisotopic (exact) mass is 360 g/mol. The number of nitrogens with two attached hydrogens (primary N) is 1. The zero-order valence-electron chi connectivity index (χ0n) is 12.2. The highest BCUT2D eigenvalue weighted by molar-refractivity contribution is 6.33. The third-order valence-corrected chi connectivity index (χ3v) is 4.36. The van der Waals surface area contributed by atoms with E-state index < -0.39 is 5.63 Å². The van der Waals surface area contributed by atoms with E-state index in [1.54, 1.807) is 30.3 Å². The molecule has 24 heavy (non-hydrogen) atoms. The summed E-state index contributed by atoms with van der Waals surface area (Å²) in [6.45, 7) is 0. The van der Waals surface area contributed by atoms with Gasteiger partial charge in [-0.2, -0.15) is 0 Å². The first-order valence-electron chi connectivity index (χ1n) is 7.04. The summed E-state index contributed by atoms with van der Waals surface area (Å²) in [5, 5.41) is 1.20. The topological polar surface area (TPSA) is 82.3 Å². The van der Waals surface area contributed by atoms with Crippen LogP contribution in [-0.2, 0) is 5.88 Å². The summed E-state index contributed by atoms with van der Waals surface area (Å²) in [6.07, 6.45) is 0. The van der Waals surface area contributed by atoms with Gasteiger partial charge in [0.15, 0.2) is 5.58 Å². The molecule has 2 heterocycles. The first-order chi connectivity index (χ1) is 11.5. The van der Waals surface area contributed by atoms with E-state index in [2.05, 4.69) is 4.98 Å². The predicted octanol–water partition coefficient (Wildman–Crippen LogP) is 4.58. The van der Waals surface area contributed by atoms with Gasteiger partial charge >= 0.3 is 5.63 Å². The van der Waals surface area contributed by atoms with Crippen molar-refractivity contribution in [3.63, 3.8) is 0 Å². The van der Waals surface area contributed by atoms with Gasteiger partial charge in [0.05, 0.1) is 10.7 Å². The molecule has 2 aromatic carbocycles. The third kappa shape index (κ3) is 2.42. The van der Waals surface area contributed by atoms with Crippen molar-refractivity contribution in [3.8, 4) is 11.5 Å². The van der Waals surface area contributed by atoms with Crippen LogP contribution in [0, 0.1) is 0 Å². The molecule has 4 rings (SSSR count). The smallest absolute Gasteiger partial charge is 0.336 e. The van der Waals surface area contributed by atoms with Gasteiger partial charge in [0.25, 0.3) is 0 Å². The van der Waals surface area contributed by atoms with Gasteiger partial charge < -0.3 is 14.6 Å². The fraction of sp³-hybridized carbons (Fsp3) is 0.0588. The second kappa shape index (κ2) is 5.54. The largest absolute Gasteiger partial charge is 0.436 e. The number of oxazole rings is 1. The molecular formula is C17H10Cl2N2O3. The van der Waals surface area contributed by atoms with Crippen LogP contribution in [0.2, 0.25) is 5.02 Å². The van der Waals surface area contributed by atoms with Crippen molar-refractivity contribution in [1.29, 1.82) is 0 Å². The minimum absolute atomic E-state index is 0.200. The Kier molecular flexibility index (Phi) is 3.48. The highest BCUT2D eigenvalue weighted by atomic mass is 35.5. The van der Waals surface area contributed by atoms with E-state index in [9.17, 15) is 4.79 Å². The van der Waals surface area contributed by atoms with Crippen LogP contribution in [0.3, 0.4) is 0 Å². The van der Waals surface area contributed by atoms with Crippen LogP contribution in [0.1, 0.15) is 5.56 Å². The zero-order chi connectivity index (χ0) is 16.8. The molecule has 0 aliphatic rings. The van der Waals surface area contributed by atoms with Crippen LogP contribution < -0.4 is 11.4 Å².